The molecule has 0 radical (unpaired) electrons. The zero-order chi connectivity index (χ0) is 14.6. The third-order valence-electron chi connectivity index (χ3n) is 2.30. The quantitative estimate of drug-likeness (QED) is 0.786. The van der Waals surface area contributed by atoms with Crippen molar-refractivity contribution in [2.75, 3.05) is 18.9 Å². The van der Waals surface area contributed by atoms with Crippen molar-refractivity contribution >= 4 is 38.9 Å². The number of hydrogen-bond acceptors (Lipinski definition) is 4. The molecule has 0 fully saturated rings. The van der Waals surface area contributed by atoms with E-state index in [-0.39, 0.29) is 27.6 Å². The first-order valence-electron chi connectivity index (χ1n) is 5.63. The zero-order valence-corrected chi connectivity index (χ0v) is 12.9. The number of anilines is 1. The van der Waals surface area contributed by atoms with Crippen LogP contribution in [0, 0.1) is 0 Å². The lowest BCUT2D eigenvalue weighted by atomic mass is 10.3. The van der Waals surface area contributed by atoms with Crippen molar-refractivity contribution in [3.63, 3.8) is 0 Å². The molecule has 0 spiro atoms. The topological polar surface area (TPSA) is 81.4 Å². The monoisotopic (exact) mass is 326 g/mol. The van der Waals surface area contributed by atoms with Gasteiger partial charge >= 0.3 is 0 Å². The van der Waals surface area contributed by atoms with Gasteiger partial charge in [-0.3, -0.25) is 0 Å². The van der Waals surface area contributed by atoms with Crippen LogP contribution in [0.2, 0.25) is 10.0 Å². The lowest BCUT2D eigenvalue weighted by molar-refractivity contribution is 0.0799. The summed E-state index contributed by atoms with van der Waals surface area (Å²) in [5, 5.41) is -0.0249. The Hall–Kier alpha value is -0.530. The molecule has 0 aliphatic heterocycles. The molecule has 19 heavy (non-hydrogen) atoms. The maximum absolute atomic E-state index is 12.1. The lowest BCUT2D eigenvalue weighted by Gasteiger charge is -2.14. The fraction of sp³-hybridized carbons (Fsp3) is 0.455. The first kappa shape index (κ1) is 16.5. The summed E-state index contributed by atoms with van der Waals surface area (Å²) >= 11 is 11.8. The average molecular weight is 327 g/mol. The number of rotatable bonds is 6. The van der Waals surface area contributed by atoms with Crippen LogP contribution < -0.4 is 10.5 Å². The van der Waals surface area contributed by atoms with Crippen molar-refractivity contribution in [2.45, 2.75) is 24.8 Å². The van der Waals surface area contributed by atoms with Gasteiger partial charge in [-0.2, -0.15) is 0 Å². The molecule has 8 heteroatoms. The number of halogens is 2. The van der Waals surface area contributed by atoms with Crippen LogP contribution in [0.25, 0.3) is 0 Å². The molecule has 3 N–H and O–H groups in total. The number of sulfonamides is 1. The first-order chi connectivity index (χ1) is 8.77. The molecule has 0 amide bonds. The molecule has 0 bridgehead atoms. The largest absolute Gasteiger partial charge is 0.399 e. The number of ether oxygens (including phenoxy) is 1. The fourth-order valence-electron chi connectivity index (χ4n) is 1.48. The minimum atomic E-state index is -3.80. The molecule has 1 rings (SSSR count). The van der Waals surface area contributed by atoms with Crippen LogP contribution in [0.3, 0.4) is 0 Å². The molecule has 1 aromatic carbocycles. The van der Waals surface area contributed by atoms with Crippen LogP contribution in [0.1, 0.15) is 13.8 Å². The molecule has 108 valence electrons. The molecular weight excluding hydrogens is 311 g/mol. The average Bonchev–Trinajstić information content (AvgIpc) is 2.25. The van der Waals surface area contributed by atoms with Gasteiger partial charge in [0.2, 0.25) is 10.0 Å². The SMILES string of the molecule is CCOC(C)CNS(=O)(=O)c1c(Cl)cc(N)cc1Cl. The van der Waals surface area contributed by atoms with E-state index < -0.39 is 10.0 Å². The Labute approximate surface area is 123 Å². The second-order valence-electron chi connectivity index (χ2n) is 3.93. The number of benzene rings is 1. The Bertz CT molecular complexity index is 526. The predicted molar refractivity (Wildman–Crippen MR) is 77.2 cm³/mol. The molecule has 0 aliphatic rings. The van der Waals surface area contributed by atoms with Gasteiger partial charge in [-0.05, 0) is 26.0 Å². The van der Waals surface area contributed by atoms with Crippen molar-refractivity contribution < 1.29 is 13.2 Å². The minimum absolute atomic E-state index is 0.0124. The Morgan fingerprint density at radius 1 is 1.37 bits per heavy atom. The first-order valence-corrected chi connectivity index (χ1v) is 7.87. The highest BCUT2D eigenvalue weighted by molar-refractivity contribution is 7.89. The predicted octanol–water partition coefficient (Wildman–Crippen LogP) is 2.28. The molecule has 0 aliphatic carbocycles. The highest BCUT2D eigenvalue weighted by atomic mass is 35.5. The maximum atomic E-state index is 12.1. The van der Waals surface area contributed by atoms with Gasteiger partial charge in [-0.15, -0.1) is 0 Å². The number of nitrogens with two attached hydrogens (primary N) is 1. The van der Waals surface area contributed by atoms with Crippen LogP contribution in [-0.2, 0) is 14.8 Å². The van der Waals surface area contributed by atoms with Crippen LogP contribution in [-0.4, -0.2) is 27.7 Å². The number of nitrogens with one attached hydrogen (secondary N) is 1. The summed E-state index contributed by atoms with van der Waals surface area (Å²) in [6, 6.07) is 2.68. The summed E-state index contributed by atoms with van der Waals surface area (Å²) in [6.45, 7) is 4.23. The number of hydrogen-bond donors (Lipinski definition) is 2. The van der Waals surface area contributed by atoms with Gasteiger partial charge in [0.25, 0.3) is 0 Å². The van der Waals surface area contributed by atoms with Crippen LogP contribution in [0.4, 0.5) is 5.69 Å². The van der Waals surface area contributed by atoms with E-state index >= 15 is 0 Å². The van der Waals surface area contributed by atoms with Crippen LogP contribution >= 0.6 is 23.2 Å². The third kappa shape index (κ3) is 4.50. The maximum Gasteiger partial charge on any atom is 0.243 e. The molecule has 0 saturated heterocycles. The van der Waals surface area contributed by atoms with Crippen molar-refractivity contribution in [1.82, 2.24) is 4.72 Å². The summed E-state index contributed by atoms with van der Waals surface area (Å²) in [5.74, 6) is 0. The molecule has 1 atom stereocenters. The van der Waals surface area contributed by atoms with Gasteiger partial charge in [0.1, 0.15) is 4.90 Å². The molecule has 0 heterocycles. The van der Waals surface area contributed by atoms with E-state index in [1.807, 2.05) is 6.92 Å². The van der Waals surface area contributed by atoms with Crippen LogP contribution in [0.15, 0.2) is 17.0 Å². The molecular formula is C11H16Cl2N2O3S. The highest BCUT2D eigenvalue weighted by Gasteiger charge is 2.22. The Balaban J connectivity index is 2.95. The second kappa shape index (κ2) is 6.76. The van der Waals surface area contributed by atoms with Crippen molar-refractivity contribution in [2.24, 2.45) is 0 Å². The summed E-state index contributed by atoms with van der Waals surface area (Å²) in [5.41, 5.74) is 5.83. The summed E-state index contributed by atoms with van der Waals surface area (Å²) in [7, 11) is -3.80. The van der Waals surface area contributed by atoms with Gasteiger partial charge in [0, 0.05) is 18.8 Å². The molecule has 1 aromatic rings. The minimum Gasteiger partial charge on any atom is -0.399 e. The van der Waals surface area contributed by atoms with Gasteiger partial charge in [-0.25, -0.2) is 13.1 Å². The smallest absolute Gasteiger partial charge is 0.243 e. The van der Waals surface area contributed by atoms with E-state index in [0.717, 1.165) is 0 Å². The summed E-state index contributed by atoms with van der Waals surface area (Å²) in [4.78, 5) is -0.172. The van der Waals surface area contributed by atoms with Crippen molar-refractivity contribution in [1.29, 1.82) is 0 Å². The molecule has 0 saturated carbocycles. The highest BCUT2D eigenvalue weighted by Crippen LogP contribution is 2.31. The molecule has 0 aromatic heterocycles. The van der Waals surface area contributed by atoms with E-state index in [1.54, 1.807) is 6.92 Å². The van der Waals surface area contributed by atoms with E-state index in [9.17, 15) is 8.42 Å². The standard InChI is InChI=1S/C11H16Cl2N2O3S/c1-3-18-7(2)6-15-19(16,17)11-9(12)4-8(14)5-10(11)13/h4-5,7,15H,3,6,14H2,1-2H3. The normalized spacial score (nSPS) is 13.5. The Morgan fingerprint density at radius 2 is 1.89 bits per heavy atom. The van der Waals surface area contributed by atoms with Gasteiger partial charge in [0.15, 0.2) is 0 Å². The molecule has 1 unspecified atom stereocenters. The van der Waals surface area contributed by atoms with E-state index in [4.69, 9.17) is 33.7 Å². The fourth-order valence-corrected chi connectivity index (χ4v) is 3.82. The van der Waals surface area contributed by atoms with Gasteiger partial charge < -0.3 is 10.5 Å². The molecule has 5 nitrogen and oxygen atoms in total. The third-order valence-corrected chi connectivity index (χ3v) is 4.65. The zero-order valence-electron chi connectivity index (χ0n) is 10.6. The summed E-state index contributed by atoms with van der Waals surface area (Å²) < 4.78 is 31.9. The van der Waals surface area contributed by atoms with Gasteiger partial charge in [-0.1, -0.05) is 23.2 Å². The Kier molecular flexibility index (Phi) is 5.88. The Morgan fingerprint density at radius 3 is 2.37 bits per heavy atom. The van der Waals surface area contributed by atoms with Gasteiger partial charge in [0.05, 0.1) is 16.1 Å². The van der Waals surface area contributed by atoms with Crippen LogP contribution in [0.5, 0.6) is 0 Å². The van der Waals surface area contributed by atoms with Crippen molar-refractivity contribution in [3.05, 3.63) is 22.2 Å². The van der Waals surface area contributed by atoms with E-state index in [0.29, 0.717) is 12.3 Å². The number of nitrogen functional groups attached to an aromatic ring is 1. The lowest BCUT2D eigenvalue weighted by Crippen LogP contribution is -2.32. The summed E-state index contributed by atoms with van der Waals surface area (Å²) in [6.07, 6.45) is -0.244. The van der Waals surface area contributed by atoms with Crippen molar-refractivity contribution in [3.8, 4) is 0 Å². The van der Waals surface area contributed by atoms with E-state index in [2.05, 4.69) is 4.72 Å². The second-order valence-corrected chi connectivity index (χ2v) is 6.45. The van der Waals surface area contributed by atoms with E-state index in [1.165, 1.54) is 12.1 Å².